The molecule has 2 aromatic carbocycles. The molecule has 1 aliphatic rings. The van der Waals surface area contributed by atoms with Crippen LogP contribution >= 0.6 is 0 Å². The van der Waals surface area contributed by atoms with E-state index in [1.54, 1.807) is 36.4 Å². The highest BCUT2D eigenvalue weighted by Crippen LogP contribution is 2.30. The van der Waals surface area contributed by atoms with E-state index in [4.69, 9.17) is 9.15 Å². The summed E-state index contributed by atoms with van der Waals surface area (Å²) >= 11 is 0. The first-order chi connectivity index (χ1) is 14.4. The van der Waals surface area contributed by atoms with Crippen LogP contribution in [0.1, 0.15) is 25.7 Å². The molecule has 1 aromatic heterocycles. The average Bonchev–Trinajstić information content (AvgIpc) is 3.28. The van der Waals surface area contributed by atoms with Crippen molar-refractivity contribution in [2.24, 2.45) is 0 Å². The van der Waals surface area contributed by atoms with Gasteiger partial charge in [0.05, 0.1) is 10.1 Å². The summed E-state index contributed by atoms with van der Waals surface area (Å²) in [6, 6.07) is 14.1. The average molecular weight is 427 g/mol. The predicted octanol–water partition coefficient (Wildman–Crippen LogP) is 3.53. The fourth-order valence-electron chi connectivity index (χ4n) is 3.60. The molecule has 1 heterocycles. The molecular formula is C22H21NO6S. The smallest absolute Gasteiger partial charge is 0.336 e. The molecule has 0 aliphatic heterocycles. The number of sulfone groups is 1. The lowest BCUT2D eigenvalue weighted by molar-refractivity contribution is -0.118. The van der Waals surface area contributed by atoms with E-state index in [1.165, 1.54) is 18.2 Å². The minimum atomic E-state index is -3.32. The molecule has 0 bridgehead atoms. The summed E-state index contributed by atoms with van der Waals surface area (Å²) in [5.41, 5.74) is 0.397. The van der Waals surface area contributed by atoms with E-state index < -0.39 is 21.4 Å². The van der Waals surface area contributed by atoms with Gasteiger partial charge in [0.2, 0.25) is 0 Å². The standard InChI is InChI=1S/C22H21NO6S/c24-21(14-28-17-9-5-15-6-12-22(25)29-20(15)13-17)23-16-7-10-19(11-8-16)30(26,27)18-3-1-2-4-18/h5-13,18H,1-4,14H2,(H,23,24). The van der Waals surface area contributed by atoms with E-state index >= 15 is 0 Å². The van der Waals surface area contributed by atoms with E-state index in [0.717, 1.165) is 18.2 Å². The number of hydrogen-bond donors (Lipinski definition) is 1. The van der Waals surface area contributed by atoms with Gasteiger partial charge in [-0.2, -0.15) is 0 Å². The Balaban J connectivity index is 1.36. The van der Waals surface area contributed by atoms with Crippen molar-refractivity contribution in [1.82, 2.24) is 0 Å². The Morgan fingerprint density at radius 2 is 1.73 bits per heavy atom. The lowest BCUT2D eigenvalue weighted by Crippen LogP contribution is -2.20. The van der Waals surface area contributed by atoms with Crippen molar-refractivity contribution >= 4 is 32.4 Å². The van der Waals surface area contributed by atoms with Crippen molar-refractivity contribution in [3.63, 3.8) is 0 Å². The number of amides is 1. The summed E-state index contributed by atoms with van der Waals surface area (Å²) in [5, 5.41) is 3.12. The van der Waals surface area contributed by atoms with Crippen molar-refractivity contribution in [3.05, 3.63) is 65.0 Å². The molecule has 0 atom stereocenters. The van der Waals surface area contributed by atoms with Crippen LogP contribution in [0.15, 0.2) is 68.7 Å². The summed E-state index contributed by atoms with van der Waals surface area (Å²) in [5.74, 6) is 0.000941. The van der Waals surface area contributed by atoms with Crippen LogP contribution in [0.4, 0.5) is 5.69 Å². The molecule has 0 saturated heterocycles. The Hall–Kier alpha value is -3.13. The van der Waals surface area contributed by atoms with Crippen LogP contribution in [0.5, 0.6) is 5.75 Å². The van der Waals surface area contributed by atoms with Crippen LogP contribution in [-0.4, -0.2) is 26.2 Å². The fraction of sp³-hybridized carbons (Fsp3) is 0.273. The minimum absolute atomic E-state index is 0.245. The lowest BCUT2D eigenvalue weighted by Gasteiger charge is -2.12. The quantitative estimate of drug-likeness (QED) is 0.604. The number of anilines is 1. The van der Waals surface area contributed by atoms with Crippen LogP contribution in [0.3, 0.4) is 0 Å². The lowest BCUT2D eigenvalue weighted by atomic mass is 10.2. The van der Waals surface area contributed by atoms with Gasteiger partial charge >= 0.3 is 5.63 Å². The summed E-state index contributed by atoms with van der Waals surface area (Å²) in [6.07, 6.45) is 3.30. The molecule has 3 aromatic rings. The normalized spacial score (nSPS) is 14.7. The minimum Gasteiger partial charge on any atom is -0.484 e. The first-order valence-electron chi connectivity index (χ1n) is 9.72. The highest BCUT2D eigenvalue weighted by atomic mass is 32.2. The Morgan fingerprint density at radius 3 is 2.47 bits per heavy atom. The number of carbonyl (C=O) groups is 1. The number of rotatable bonds is 6. The van der Waals surface area contributed by atoms with Gasteiger partial charge in [-0.3, -0.25) is 4.79 Å². The number of nitrogens with one attached hydrogen (secondary N) is 1. The van der Waals surface area contributed by atoms with Crippen LogP contribution in [0.2, 0.25) is 0 Å². The van der Waals surface area contributed by atoms with Crippen molar-refractivity contribution in [2.45, 2.75) is 35.8 Å². The SMILES string of the molecule is O=C(COc1ccc2ccc(=O)oc2c1)Nc1ccc(S(=O)(=O)C2CCCC2)cc1. The third-order valence-electron chi connectivity index (χ3n) is 5.17. The van der Waals surface area contributed by atoms with Gasteiger partial charge < -0.3 is 14.5 Å². The molecule has 0 unspecified atom stereocenters. The maximum atomic E-state index is 12.6. The zero-order chi connectivity index (χ0) is 21.1. The van der Waals surface area contributed by atoms with E-state index in [0.29, 0.717) is 29.9 Å². The molecule has 156 valence electrons. The van der Waals surface area contributed by atoms with Crippen LogP contribution in [-0.2, 0) is 14.6 Å². The molecule has 0 radical (unpaired) electrons. The second-order valence-electron chi connectivity index (χ2n) is 7.27. The third-order valence-corrected chi connectivity index (χ3v) is 7.45. The molecule has 8 heteroatoms. The van der Waals surface area contributed by atoms with E-state index in [-0.39, 0.29) is 16.8 Å². The molecule has 1 amide bonds. The number of fused-ring (bicyclic) bond motifs is 1. The molecule has 30 heavy (non-hydrogen) atoms. The van der Waals surface area contributed by atoms with Crippen LogP contribution in [0, 0.1) is 0 Å². The number of hydrogen-bond acceptors (Lipinski definition) is 6. The van der Waals surface area contributed by atoms with Gasteiger partial charge in [-0.15, -0.1) is 0 Å². The second-order valence-corrected chi connectivity index (χ2v) is 9.49. The Labute approximate surface area is 173 Å². The third kappa shape index (κ3) is 4.38. The molecule has 0 spiro atoms. The van der Waals surface area contributed by atoms with Gasteiger partial charge in [0, 0.05) is 23.2 Å². The summed E-state index contributed by atoms with van der Waals surface area (Å²) in [6.45, 7) is -0.245. The van der Waals surface area contributed by atoms with Gasteiger partial charge in [-0.05, 0) is 55.3 Å². The van der Waals surface area contributed by atoms with Gasteiger partial charge in [0.25, 0.3) is 5.91 Å². The maximum Gasteiger partial charge on any atom is 0.336 e. The largest absolute Gasteiger partial charge is 0.484 e. The molecule has 1 saturated carbocycles. The fourth-order valence-corrected chi connectivity index (χ4v) is 5.45. The predicted molar refractivity (Wildman–Crippen MR) is 112 cm³/mol. The summed E-state index contributed by atoms with van der Waals surface area (Å²) in [4.78, 5) is 23.8. The van der Waals surface area contributed by atoms with E-state index in [2.05, 4.69) is 5.32 Å². The van der Waals surface area contributed by atoms with Crippen LogP contribution in [0.25, 0.3) is 11.0 Å². The number of ether oxygens (including phenoxy) is 1. The van der Waals surface area contributed by atoms with E-state index in [1.807, 2.05) is 0 Å². The number of benzene rings is 2. The molecule has 4 rings (SSSR count). The zero-order valence-electron chi connectivity index (χ0n) is 16.2. The Bertz CT molecular complexity index is 1220. The summed E-state index contributed by atoms with van der Waals surface area (Å²) in [7, 11) is -3.32. The van der Waals surface area contributed by atoms with Gasteiger partial charge in [-0.25, -0.2) is 13.2 Å². The van der Waals surface area contributed by atoms with E-state index in [9.17, 15) is 18.0 Å². The van der Waals surface area contributed by atoms with Crippen molar-refractivity contribution in [2.75, 3.05) is 11.9 Å². The van der Waals surface area contributed by atoms with Crippen LogP contribution < -0.4 is 15.7 Å². The van der Waals surface area contributed by atoms with Gasteiger partial charge in [-0.1, -0.05) is 12.8 Å². The maximum absolute atomic E-state index is 12.6. The zero-order valence-corrected chi connectivity index (χ0v) is 17.0. The molecule has 7 nitrogen and oxygen atoms in total. The van der Waals surface area contributed by atoms with Crippen molar-refractivity contribution in [1.29, 1.82) is 0 Å². The van der Waals surface area contributed by atoms with Crippen molar-refractivity contribution < 1.29 is 22.4 Å². The Morgan fingerprint density at radius 1 is 1.03 bits per heavy atom. The molecule has 1 fully saturated rings. The molecule has 1 N–H and O–H groups in total. The molecule has 1 aliphatic carbocycles. The monoisotopic (exact) mass is 427 g/mol. The topological polar surface area (TPSA) is 103 Å². The first kappa shape index (κ1) is 20.2. The second kappa shape index (κ2) is 8.31. The molecular weight excluding hydrogens is 406 g/mol. The van der Waals surface area contributed by atoms with Gasteiger partial charge in [0.1, 0.15) is 11.3 Å². The highest BCUT2D eigenvalue weighted by Gasteiger charge is 2.30. The summed E-state index contributed by atoms with van der Waals surface area (Å²) < 4.78 is 35.8. The Kier molecular flexibility index (Phi) is 5.59. The number of carbonyl (C=O) groups excluding carboxylic acids is 1. The highest BCUT2D eigenvalue weighted by molar-refractivity contribution is 7.92. The van der Waals surface area contributed by atoms with Crippen molar-refractivity contribution in [3.8, 4) is 5.75 Å². The first-order valence-corrected chi connectivity index (χ1v) is 11.3. The van der Waals surface area contributed by atoms with Gasteiger partial charge in [0.15, 0.2) is 16.4 Å².